The van der Waals surface area contributed by atoms with E-state index < -0.39 is 0 Å². The number of amides is 1. The summed E-state index contributed by atoms with van der Waals surface area (Å²) in [4.78, 5) is 12.0. The number of carbonyl (C=O) groups is 1. The van der Waals surface area contributed by atoms with Crippen LogP contribution < -0.4 is 10.1 Å². The Kier molecular flexibility index (Phi) is 5.50. The molecule has 0 spiro atoms. The van der Waals surface area contributed by atoms with E-state index in [2.05, 4.69) is 26.1 Å². The van der Waals surface area contributed by atoms with Crippen molar-refractivity contribution in [3.05, 3.63) is 54.6 Å². The van der Waals surface area contributed by atoms with Crippen LogP contribution in [0.1, 0.15) is 20.8 Å². The Morgan fingerprint density at radius 2 is 1.73 bits per heavy atom. The van der Waals surface area contributed by atoms with E-state index in [4.69, 9.17) is 4.74 Å². The first-order chi connectivity index (χ1) is 10.4. The molecule has 22 heavy (non-hydrogen) atoms. The van der Waals surface area contributed by atoms with Crippen LogP contribution in [-0.4, -0.2) is 16.4 Å². The molecule has 0 aliphatic rings. The highest BCUT2D eigenvalue weighted by Crippen LogP contribution is 2.25. The molecule has 116 valence electrons. The minimum Gasteiger partial charge on any atom is -0.457 e. The van der Waals surface area contributed by atoms with Crippen molar-refractivity contribution in [3.63, 3.8) is 0 Å². The molecule has 0 radical (unpaired) electrons. The molecule has 2 aromatic rings. The van der Waals surface area contributed by atoms with E-state index in [0.717, 1.165) is 11.4 Å². The topological polar surface area (TPSA) is 38.3 Å². The first-order valence-electron chi connectivity index (χ1n) is 7.19. The average molecular weight is 315 g/mol. The van der Waals surface area contributed by atoms with Gasteiger partial charge in [0.25, 0.3) is 0 Å². The number of benzene rings is 2. The molecule has 0 unspecified atom stereocenters. The van der Waals surface area contributed by atoms with Crippen LogP contribution in [0, 0.1) is 0 Å². The number of carbonyl (C=O) groups excluding carboxylic acids is 1. The van der Waals surface area contributed by atoms with Crippen LogP contribution in [0.4, 0.5) is 5.69 Å². The minimum atomic E-state index is -0.00298. The second-order valence-electron chi connectivity index (χ2n) is 5.89. The average Bonchev–Trinajstić information content (AvgIpc) is 2.46. The number of para-hydroxylation sites is 1. The molecule has 0 atom stereocenters. The number of hydrogen-bond acceptors (Lipinski definition) is 3. The summed E-state index contributed by atoms with van der Waals surface area (Å²) < 4.78 is 5.84. The van der Waals surface area contributed by atoms with Gasteiger partial charge in [-0.05, 0) is 24.3 Å². The predicted molar refractivity (Wildman–Crippen MR) is 93.8 cm³/mol. The van der Waals surface area contributed by atoms with E-state index in [1.807, 2.05) is 54.6 Å². The maximum atomic E-state index is 12.0. The largest absolute Gasteiger partial charge is 0.457 e. The highest BCUT2D eigenvalue weighted by molar-refractivity contribution is 8.01. The zero-order valence-electron chi connectivity index (χ0n) is 13.1. The highest BCUT2D eigenvalue weighted by Gasteiger charge is 2.13. The minimum absolute atomic E-state index is 0.00298. The molecule has 2 aromatic carbocycles. The summed E-state index contributed by atoms with van der Waals surface area (Å²) >= 11 is 1.62. The molecule has 1 amide bonds. The van der Waals surface area contributed by atoms with Gasteiger partial charge < -0.3 is 10.1 Å². The van der Waals surface area contributed by atoms with Gasteiger partial charge in [0, 0.05) is 16.5 Å². The number of anilines is 1. The molecule has 0 bridgehead atoms. The van der Waals surface area contributed by atoms with Crippen molar-refractivity contribution in [2.45, 2.75) is 25.5 Å². The van der Waals surface area contributed by atoms with Crippen molar-refractivity contribution in [2.24, 2.45) is 0 Å². The maximum Gasteiger partial charge on any atom is 0.234 e. The fourth-order valence-electron chi connectivity index (χ4n) is 1.74. The van der Waals surface area contributed by atoms with Crippen molar-refractivity contribution < 1.29 is 9.53 Å². The van der Waals surface area contributed by atoms with Gasteiger partial charge in [-0.3, -0.25) is 4.79 Å². The quantitative estimate of drug-likeness (QED) is 0.848. The fraction of sp³-hybridized carbons (Fsp3) is 0.278. The summed E-state index contributed by atoms with van der Waals surface area (Å²) in [7, 11) is 0. The summed E-state index contributed by atoms with van der Waals surface area (Å²) in [5, 5.41) is 2.90. The zero-order valence-corrected chi connectivity index (χ0v) is 13.9. The van der Waals surface area contributed by atoms with Crippen LogP contribution in [-0.2, 0) is 4.79 Å². The molecule has 0 heterocycles. The zero-order chi connectivity index (χ0) is 16.0. The van der Waals surface area contributed by atoms with Gasteiger partial charge in [0.1, 0.15) is 11.5 Å². The van der Waals surface area contributed by atoms with E-state index in [0.29, 0.717) is 11.5 Å². The molecular formula is C18H21NO2S. The number of rotatable bonds is 5. The van der Waals surface area contributed by atoms with Gasteiger partial charge in [0.05, 0.1) is 5.75 Å². The lowest BCUT2D eigenvalue weighted by molar-refractivity contribution is -0.113. The standard InChI is InChI=1S/C18H21NO2S/c1-18(2,3)22-13-17(20)19-14-8-7-11-16(12-14)21-15-9-5-4-6-10-15/h4-12H,13H2,1-3H3,(H,19,20). The van der Waals surface area contributed by atoms with E-state index >= 15 is 0 Å². The third-order valence-electron chi connectivity index (χ3n) is 2.73. The summed E-state index contributed by atoms with van der Waals surface area (Å²) in [5.41, 5.74) is 0.743. The monoisotopic (exact) mass is 315 g/mol. The maximum absolute atomic E-state index is 12.0. The molecule has 0 saturated carbocycles. The van der Waals surface area contributed by atoms with Crippen LogP contribution in [0.5, 0.6) is 11.5 Å². The van der Waals surface area contributed by atoms with E-state index in [9.17, 15) is 4.79 Å². The Morgan fingerprint density at radius 3 is 2.41 bits per heavy atom. The van der Waals surface area contributed by atoms with Crippen molar-refractivity contribution >= 4 is 23.4 Å². The summed E-state index contributed by atoms with van der Waals surface area (Å²) in [6.45, 7) is 6.29. The first kappa shape index (κ1) is 16.4. The molecule has 0 aliphatic heterocycles. The molecule has 4 heteroatoms. The smallest absolute Gasteiger partial charge is 0.234 e. The molecule has 0 aromatic heterocycles. The van der Waals surface area contributed by atoms with Gasteiger partial charge in [0.2, 0.25) is 5.91 Å². The van der Waals surface area contributed by atoms with Crippen molar-refractivity contribution in [2.75, 3.05) is 11.1 Å². The molecule has 0 saturated heterocycles. The SMILES string of the molecule is CC(C)(C)SCC(=O)Nc1cccc(Oc2ccccc2)c1. The van der Waals surface area contributed by atoms with Crippen molar-refractivity contribution in [3.8, 4) is 11.5 Å². The Hall–Kier alpha value is -1.94. The second kappa shape index (κ2) is 7.36. The Labute approximate surface area is 136 Å². The van der Waals surface area contributed by atoms with E-state index in [1.165, 1.54) is 0 Å². The third kappa shape index (κ3) is 5.82. The molecule has 0 fully saturated rings. The summed E-state index contributed by atoms with van der Waals surface area (Å²) in [6.07, 6.45) is 0. The number of nitrogens with one attached hydrogen (secondary N) is 1. The Morgan fingerprint density at radius 1 is 1.05 bits per heavy atom. The van der Waals surface area contributed by atoms with E-state index in [1.54, 1.807) is 11.8 Å². The lowest BCUT2D eigenvalue weighted by Crippen LogP contribution is -2.18. The van der Waals surface area contributed by atoms with Gasteiger partial charge in [-0.15, -0.1) is 11.8 Å². The summed E-state index contributed by atoms with van der Waals surface area (Å²) in [6, 6.07) is 17.0. The van der Waals surface area contributed by atoms with Crippen molar-refractivity contribution in [1.82, 2.24) is 0 Å². The van der Waals surface area contributed by atoms with Crippen LogP contribution >= 0.6 is 11.8 Å². The van der Waals surface area contributed by atoms with Crippen LogP contribution in [0.25, 0.3) is 0 Å². The fourth-order valence-corrected chi connectivity index (χ4v) is 2.38. The third-order valence-corrected chi connectivity index (χ3v) is 4.01. The Balaban J connectivity index is 1.95. The van der Waals surface area contributed by atoms with Crippen LogP contribution in [0.15, 0.2) is 54.6 Å². The lowest BCUT2D eigenvalue weighted by Gasteiger charge is -2.17. The molecule has 2 rings (SSSR count). The second-order valence-corrected chi connectivity index (χ2v) is 7.69. The van der Waals surface area contributed by atoms with Crippen molar-refractivity contribution in [1.29, 1.82) is 0 Å². The van der Waals surface area contributed by atoms with Gasteiger partial charge >= 0.3 is 0 Å². The van der Waals surface area contributed by atoms with E-state index in [-0.39, 0.29) is 10.7 Å². The summed E-state index contributed by atoms with van der Waals surface area (Å²) in [5.74, 6) is 1.91. The molecule has 3 nitrogen and oxygen atoms in total. The molecular weight excluding hydrogens is 294 g/mol. The molecule has 0 aliphatic carbocycles. The van der Waals surface area contributed by atoms with Gasteiger partial charge in [-0.1, -0.05) is 45.0 Å². The Bertz CT molecular complexity index is 620. The highest BCUT2D eigenvalue weighted by atomic mass is 32.2. The molecule has 1 N–H and O–H groups in total. The first-order valence-corrected chi connectivity index (χ1v) is 8.18. The van der Waals surface area contributed by atoms with Crippen LogP contribution in [0.3, 0.4) is 0 Å². The lowest BCUT2D eigenvalue weighted by atomic mass is 10.3. The van der Waals surface area contributed by atoms with Gasteiger partial charge in [-0.25, -0.2) is 0 Å². The van der Waals surface area contributed by atoms with Gasteiger partial charge in [0.15, 0.2) is 0 Å². The number of hydrogen-bond donors (Lipinski definition) is 1. The van der Waals surface area contributed by atoms with Gasteiger partial charge in [-0.2, -0.15) is 0 Å². The number of thioether (sulfide) groups is 1. The predicted octanol–water partition coefficient (Wildman–Crippen LogP) is 4.95. The van der Waals surface area contributed by atoms with Crippen LogP contribution in [0.2, 0.25) is 0 Å². The normalized spacial score (nSPS) is 11.0. The number of ether oxygens (including phenoxy) is 1.